The highest BCUT2D eigenvalue weighted by atomic mass is 35.5. The summed E-state index contributed by atoms with van der Waals surface area (Å²) >= 11 is 6.38. The van der Waals surface area contributed by atoms with E-state index < -0.39 is 11.7 Å². The first-order valence-electron chi connectivity index (χ1n) is 10.1. The number of carbonyl (C=O) groups is 1. The van der Waals surface area contributed by atoms with E-state index in [1.54, 1.807) is 24.3 Å². The van der Waals surface area contributed by atoms with Crippen LogP contribution in [0, 0.1) is 17.1 Å². The lowest BCUT2D eigenvalue weighted by Gasteiger charge is -2.11. The second-order valence-electron chi connectivity index (χ2n) is 7.22. The van der Waals surface area contributed by atoms with Crippen molar-refractivity contribution in [3.8, 4) is 11.8 Å². The van der Waals surface area contributed by atoms with Crippen LogP contribution in [0.25, 0.3) is 16.8 Å². The molecule has 4 rings (SSSR count). The number of halogens is 2. The predicted molar refractivity (Wildman–Crippen MR) is 128 cm³/mol. The number of benzene rings is 4. The van der Waals surface area contributed by atoms with Gasteiger partial charge in [0, 0.05) is 0 Å². The van der Waals surface area contributed by atoms with Gasteiger partial charge in [0.2, 0.25) is 0 Å². The molecule has 6 heteroatoms. The zero-order valence-electron chi connectivity index (χ0n) is 17.4. The van der Waals surface area contributed by atoms with Gasteiger partial charge in [-0.1, -0.05) is 72.3 Å². The molecule has 0 atom stereocenters. The number of anilines is 1. The Morgan fingerprint density at radius 2 is 1.79 bits per heavy atom. The number of nitrogens with zero attached hydrogens (tertiary/aromatic N) is 1. The van der Waals surface area contributed by atoms with Crippen molar-refractivity contribution in [2.45, 2.75) is 6.61 Å². The fourth-order valence-corrected chi connectivity index (χ4v) is 3.61. The topological polar surface area (TPSA) is 62.1 Å². The third kappa shape index (κ3) is 5.20. The standard InChI is InChI=1S/C27H18ClFN2O2/c28-23-15-18(14-21(16-30)27(32)31-25-11-4-3-10-24(25)29)12-13-26(23)33-17-20-8-5-7-19-6-1-2-9-22(19)20/h1-15H,17H2,(H,31,32)/b21-14+. The molecule has 0 saturated heterocycles. The second kappa shape index (κ2) is 9.99. The fourth-order valence-electron chi connectivity index (χ4n) is 3.37. The highest BCUT2D eigenvalue weighted by Gasteiger charge is 2.12. The van der Waals surface area contributed by atoms with Crippen LogP contribution < -0.4 is 10.1 Å². The molecule has 4 aromatic rings. The van der Waals surface area contributed by atoms with Gasteiger partial charge in [-0.2, -0.15) is 5.26 Å². The lowest BCUT2D eigenvalue weighted by molar-refractivity contribution is -0.112. The van der Waals surface area contributed by atoms with Crippen molar-refractivity contribution in [1.82, 2.24) is 0 Å². The molecular weight excluding hydrogens is 439 g/mol. The molecule has 0 heterocycles. The minimum Gasteiger partial charge on any atom is -0.487 e. The van der Waals surface area contributed by atoms with Gasteiger partial charge in [-0.25, -0.2) is 4.39 Å². The molecular formula is C27H18ClFN2O2. The molecule has 33 heavy (non-hydrogen) atoms. The maximum absolute atomic E-state index is 13.8. The van der Waals surface area contributed by atoms with Gasteiger partial charge >= 0.3 is 0 Å². The molecule has 0 bridgehead atoms. The van der Waals surface area contributed by atoms with Crippen molar-refractivity contribution in [3.05, 3.63) is 112 Å². The number of hydrogen-bond acceptors (Lipinski definition) is 3. The van der Waals surface area contributed by atoms with Crippen LogP contribution in [0.15, 0.2) is 90.5 Å². The summed E-state index contributed by atoms with van der Waals surface area (Å²) in [5.74, 6) is -0.815. The quantitative estimate of drug-likeness (QED) is 0.257. The highest BCUT2D eigenvalue weighted by molar-refractivity contribution is 6.32. The second-order valence-corrected chi connectivity index (χ2v) is 7.63. The van der Waals surface area contributed by atoms with E-state index in [1.807, 2.05) is 48.5 Å². The summed E-state index contributed by atoms with van der Waals surface area (Å²) in [6, 6.07) is 26.6. The number of amides is 1. The first-order chi connectivity index (χ1) is 16.0. The normalized spacial score (nSPS) is 11.1. The third-order valence-corrected chi connectivity index (χ3v) is 5.31. The van der Waals surface area contributed by atoms with Gasteiger partial charge in [0.05, 0.1) is 10.7 Å². The average molecular weight is 457 g/mol. The minimum absolute atomic E-state index is 0.00105. The van der Waals surface area contributed by atoms with Gasteiger partial charge in [-0.05, 0) is 52.2 Å². The Bertz CT molecular complexity index is 1400. The number of rotatable bonds is 6. The van der Waals surface area contributed by atoms with Crippen LogP contribution in [0.2, 0.25) is 5.02 Å². The van der Waals surface area contributed by atoms with Crippen molar-refractivity contribution in [1.29, 1.82) is 5.26 Å². The number of carbonyl (C=O) groups excluding carboxylic acids is 1. The van der Waals surface area contributed by atoms with E-state index >= 15 is 0 Å². The zero-order chi connectivity index (χ0) is 23.2. The molecule has 0 fully saturated rings. The Balaban J connectivity index is 1.49. The Morgan fingerprint density at radius 3 is 2.58 bits per heavy atom. The molecule has 4 aromatic carbocycles. The molecule has 0 spiro atoms. The highest BCUT2D eigenvalue weighted by Crippen LogP contribution is 2.28. The van der Waals surface area contributed by atoms with E-state index in [2.05, 4.69) is 5.32 Å². The van der Waals surface area contributed by atoms with Crippen LogP contribution in [-0.4, -0.2) is 5.91 Å². The van der Waals surface area contributed by atoms with Crippen LogP contribution in [-0.2, 0) is 11.4 Å². The van der Waals surface area contributed by atoms with Crippen LogP contribution in [0.1, 0.15) is 11.1 Å². The van der Waals surface area contributed by atoms with Crippen molar-refractivity contribution < 1.29 is 13.9 Å². The zero-order valence-corrected chi connectivity index (χ0v) is 18.1. The molecule has 0 aliphatic carbocycles. The van der Waals surface area contributed by atoms with Crippen molar-refractivity contribution >= 4 is 40.0 Å². The molecule has 0 aliphatic heterocycles. The van der Waals surface area contributed by atoms with Gasteiger partial charge < -0.3 is 10.1 Å². The van der Waals surface area contributed by atoms with E-state index in [9.17, 15) is 14.4 Å². The molecule has 0 aliphatic rings. The number of para-hydroxylation sites is 1. The molecule has 0 unspecified atom stereocenters. The molecule has 4 nitrogen and oxygen atoms in total. The van der Waals surface area contributed by atoms with E-state index in [0.717, 1.165) is 16.3 Å². The van der Waals surface area contributed by atoms with E-state index in [1.165, 1.54) is 24.3 Å². The Hall–Kier alpha value is -4.14. The number of nitriles is 1. The van der Waals surface area contributed by atoms with Crippen LogP contribution in [0.3, 0.4) is 0 Å². The van der Waals surface area contributed by atoms with Gasteiger partial charge in [0.15, 0.2) is 0 Å². The maximum atomic E-state index is 13.8. The van der Waals surface area contributed by atoms with Crippen molar-refractivity contribution in [3.63, 3.8) is 0 Å². The summed E-state index contributed by atoms with van der Waals surface area (Å²) in [5.41, 5.74) is 1.39. The molecule has 1 N–H and O–H groups in total. The first kappa shape index (κ1) is 22.1. The summed E-state index contributed by atoms with van der Waals surface area (Å²) in [6.07, 6.45) is 1.39. The summed E-state index contributed by atoms with van der Waals surface area (Å²) in [4.78, 5) is 12.4. The fraction of sp³-hybridized carbons (Fsp3) is 0.0370. The van der Waals surface area contributed by atoms with Crippen LogP contribution in [0.4, 0.5) is 10.1 Å². The van der Waals surface area contributed by atoms with Crippen LogP contribution >= 0.6 is 11.6 Å². The first-order valence-corrected chi connectivity index (χ1v) is 10.5. The van der Waals surface area contributed by atoms with E-state index in [4.69, 9.17) is 16.3 Å². The Labute approximate surface area is 195 Å². The average Bonchev–Trinajstić information content (AvgIpc) is 2.83. The van der Waals surface area contributed by atoms with E-state index in [-0.39, 0.29) is 11.3 Å². The lowest BCUT2D eigenvalue weighted by atomic mass is 10.1. The third-order valence-electron chi connectivity index (χ3n) is 5.02. The van der Waals surface area contributed by atoms with Crippen molar-refractivity contribution in [2.75, 3.05) is 5.32 Å². The van der Waals surface area contributed by atoms with Crippen molar-refractivity contribution in [2.24, 2.45) is 0 Å². The predicted octanol–water partition coefficient (Wildman–Crippen LogP) is 6.76. The monoisotopic (exact) mass is 456 g/mol. The summed E-state index contributed by atoms with van der Waals surface area (Å²) in [5, 5.41) is 14.4. The minimum atomic E-state index is -0.713. The summed E-state index contributed by atoms with van der Waals surface area (Å²) in [7, 11) is 0. The van der Waals surface area contributed by atoms with Gasteiger partial charge in [0.25, 0.3) is 5.91 Å². The molecule has 0 aromatic heterocycles. The van der Waals surface area contributed by atoms with Gasteiger partial charge in [0.1, 0.15) is 29.8 Å². The summed E-state index contributed by atoms with van der Waals surface area (Å²) < 4.78 is 19.7. The Morgan fingerprint density at radius 1 is 1.03 bits per heavy atom. The lowest BCUT2D eigenvalue weighted by Crippen LogP contribution is -2.14. The van der Waals surface area contributed by atoms with E-state index in [0.29, 0.717) is 22.9 Å². The molecule has 0 radical (unpaired) electrons. The van der Waals surface area contributed by atoms with Crippen LogP contribution in [0.5, 0.6) is 5.75 Å². The van der Waals surface area contributed by atoms with Gasteiger partial charge in [-0.3, -0.25) is 4.79 Å². The molecule has 1 amide bonds. The largest absolute Gasteiger partial charge is 0.487 e. The number of fused-ring (bicyclic) bond motifs is 1. The SMILES string of the molecule is N#C/C(=C\c1ccc(OCc2cccc3ccccc23)c(Cl)c1)C(=O)Nc1ccccc1F. The maximum Gasteiger partial charge on any atom is 0.266 e. The number of nitrogens with one attached hydrogen (secondary N) is 1. The smallest absolute Gasteiger partial charge is 0.266 e. The molecule has 162 valence electrons. The Kier molecular flexibility index (Phi) is 6.68. The molecule has 0 saturated carbocycles. The number of ether oxygens (including phenoxy) is 1. The van der Waals surface area contributed by atoms with Gasteiger partial charge in [-0.15, -0.1) is 0 Å². The number of hydrogen-bond donors (Lipinski definition) is 1. The summed E-state index contributed by atoms with van der Waals surface area (Å²) in [6.45, 7) is 0.338.